The number of guanidine groups is 1. The third-order valence-electron chi connectivity index (χ3n) is 4.41. The lowest BCUT2D eigenvalue weighted by molar-refractivity contribution is 0.145. The fourth-order valence-corrected chi connectivity index (χ4v) is 2.74. The summed E-state index contributed by atoms with van der Waals surface area (Å²) in [5.41, 5.74) is 1.14. The number of rotatable bonds is 14. The molecule has 1 aromatic heterocycles. The van der Waals surface area contributed by atoms with Gasteiger partial charge in [0, 0.05) is 39.0 Å². The number of pyridine rings is 1. The van der Waals surface area contributed by atoms with E-state index in [1.807, 2.05) is 49.4 Å². The predicted octanol–water partition coefficient (Wildman–Crippen LogP) is 4.06. The SMILES string of the molecule is CCOCCCNC(=NCc1ccc(OC)cc1)NCCCCNc1ccccn1.I. The molecule has 1 heterocycles. The molecule has 0 aliphatic heterocycles. The van der Waals surface area contributed by atoms with Crippen molar-refractivity contribution in [2.24, 2.45) is 4.99 Å². The number of unbranched alkanes of at least 4 members (excludes halogenated alkanes) is 1. The van der Waals surface area contributed by atoms with Crippen LogP contribution in [0.3, 0.4) is 0 Å². The normalized spacial score (nSPS) is 10.8. The first kappa shape index (κ1) is 27.0. The quantitative estimate of drug-likeness (QED) is 0.145. The first-order chi connectivity index (χ1) is 14.8. The predicted molar refractivity (Wildman–Crippen MR) is 139 cm³/mol. The summed E-state index contributed by atoms with van der Waals surface area (Å²) in [6.45, 7) is 6.74. The molecule has 0 radical (unpaired) electrons. The van der Waals surface area contributed by atoms with Gasteiger partial charge in [-0.2, -0.15) is 0 Å². The van der Waals surface area contributed by atoms with Gasteiger partial charge < -0.3 is 25.4 Å². The number of aromatic nitrogens is 1. The minimum absolute atomic E-state index is 0. The summed E-state index contributed by atoms with van der Waals surface area (Å²) in [5, 5.41) is 10.2. The Hall–Kier alpha value is -2.07. The van der Waals surface area contributed by atoms with E-state index in [4.69, 9.17) is 14.5 Å². The van der Waals surface area contributed by atoms with E-state index in [1.54, 1.807) is 13.3 Å². The second-order valence-electron chi connectivity index (χ2n) is 6.77. The second-order valence-corrected chi connectivity index (χ2v) is 6.77. The van der Waals surface area contributed by atoms with E-state index >= 15 is 0 Å². The second kappa shape index (κ2) is 17.6. The zero-order valence-corrected chi connectivity index (χ0v) is 20.9. The van der Waals surface area contributed by atoms with E-state index in [2.05, 4.69) is 20.9 Å². The van der Waals surface area contributed by atoms with Crippen LogP contribution in [0.4, 0.5) is 5.82 Å². The minimum Gasteiger partial charge on any atom is -0.497 e. The maximum absolute atomic E-state index is 5.40. The number of anilines is 1. The summed E-state index contributed by atoms with van der Waals surface area (Å²) >= 11 is 0. The smallest absolute Gasteiger partial charge is 0.191 e. The number of benzene rings is 1. The van der Waals surface area contributed by atoms with E-state index in [-0.39, 0.29) is 24.0 Å². The van der Waals surface area contributed by atoms with E-state index in [0.717, 1.165) is 75.2 Å². The van der Waals surface area contributed by atoms with Crippen molar-refractivity contribution < 1.29 is 9.47 Å². The summed E-state index contributed by atoms with van der Waals surface area (Å²) in [7, 11) is 1.67. The van der Waals surface area contributed by atoms with Gasteiger partial charge in [-0.25, -0.2) is 9.98 Å². The lowest BCUT2D eigenvalue weighted by Crippen LogP contribution is -2.38. The monoisotopic (exact) mass is 541 g/mol. The Morgan fingerprint density at radius 3 is 2.39 bits per heavy atom. The Balaban J connectivity index is 0.00000480. The number of hydrogen-bond acceptors (Lipinski definition) is 5. The Kier molecular flexibility index (Phi) is 15.3. The Bertz CT molecular complexity index is 714. The number of aliphatic imine (C=N–C) groups is 1. The van der Waals surface area contributed by atoms with Gasteiger partial charge in [-0.15, -0.1) is 24.0 Å². The Morgan fingerprint density at radius 1 is 0.968 bits per heavy atom. The van der Waals surface area contributed by atoms with E-state index in [9.17, 15) is 0 Å². The Morgan fingerprint density at radius 2 is 1.71 bits per heavy atom. The fraction of sp³-hybridized carbons (Fsp3) is 0.478. The van der Waals surface area contributed by atoms with Crippen molar-refractivity contribution in [2.75, 3.05) is 45.3 Å². The molecule has 2 aromatic rings. The molecule has 0 unspecified atom stereocenters. The van der Waals surface area contributed by atoms with Gasteiger partial charge in [-0.05, 0) is 56.0 Å². The van der Waals surface area contributed by atoms with Gasteiger partial charge in [0.15, 0.2) is 5.96 Å². The van der Waals surface area contributed by atoms with Crippen LogP contribution in [0.5, 0.6) is 5.75 Å². The van der Waals surface area contributed by atoms with Crippen LogP contribution < -0.4 is 20.7 Å². The van der Waals surface area contributed by atoms with Crippen molar-refractivity contribution in [3.05, 3.63) is 54.2 Å². The lowest BCUT2D eigenvalue weighted by Gasteiger charge is -2.13. The standard InChI is InChI=1S/C23H35N5O2.HI/c1-3-30-18-8-17-27-23(28-19-20-10-12-21(29-2)13-11-20)26-16-7-6-15-25-22-9-4-5-14-24-22;/h4-5,9-14H,3,6-8,15-19H2,1-2H3,(H,24,25)(H2,26,27,28);1H. The van der Waals surface area contributed by atoms with Crippen molar-refractivity contribution in [3.63, 3.8) is 0 Å². The van der Waals surface area contributed by atoms with Gasteiger partial charge in [-0.1, -0.05) is 18.2 Å². The van der Waals surface area contributed by atoms with E-state index in [1.165, 1.54) is 0 Å². The number of nitrogens with zero attached hydrogens (tertiary/aromatic N) is 2. The highest BCUT2D eigenvalue weighted by molar-refractivity contribution is 14.0. The van der Waals surface area contributed by atoms with Gasteiger partial charge in [0.25, 0.3) is 0 Å². The van der Waals surface area contributed by atoms with Crippen molar-refractivity contribution in [1.82, 2.24) is 15.6 Å². The maximum atomic E-state index is 5.40. The molecular formula is C23H36IN5O2. The molecule has 8 heteroatoms. The summed E-state index contributed by atoms with van der Waals surface area (Å²) in [6, 6.07) is 13.9. The number of methoxy groups -OCH3 is 1. The highest BCUT2D eigenvalue weighted by atomic mass is 127. The molecule has 0 amide bonds. The largest absolute Gasteiger partial charge is 0.497 e. The van der Waals surface area contributed by atoms with Crippen LogP contribution >= 0.6 is 24.0 Å². The van der Waals surface area contributed by atoms with Crippen molar-refractivity contribution >= 4 is 35.8 Å². The van der Waals surface area contributed by atoms with Gasteiger partial charge in [0.05, 0.1) is 13.7 Å². The zero-order chi connectivity index (χ0) is 21.3. The van der Waals surface area contributed by atoms with Gasteiger partial charge in [0.1, 0.15) is 11.6 Å². The maximum Gasteiger partial charge on any atom is 0.191 e. The highest BCUT2D eigenvalue weighted by Crippen LogP contribution is 2.11. The number of ether oxygens (including phenoxy) is 2. The Labute approximate surface area is 203 Å². The average Bonchev–Trinajstić information content (AvgIpc) is 2.80. The van der Waals surface area contributed by atoms with Crippen LogP contribution in [0.25, 0.3) is 0 Å². The number of nitrogens with one attached hydrogen (secondary N) is 3. The zero-order valence-electron chi connectivity index (χ0n) is 18.6. The molecule has 0 aliphatic carbocycles. The van der Waals surface area contributed by atoms with Gasteiger partial charge in [0.2, 0.25) is 0 Å². The fourth-order valence-electron chi connectivity index (χ4n) is 2.74. The molecule has 3 N–H and O–H groups in total. The van der Waals surface area contributed by atoms with Crippen LogP contribution in [0.1, 0.15) is 31.7 Å². The summed E-state index contributed by atoms with van der Waals surface area (Å²) in [6.07, 6.45) is 4.85. The van der Waals surface area contributed by atoms with Gasteiger partial charge >= 0.3 is 0 Å². The number of hydrogen-bond donors (Lipinski definition) is 3. The van der Waals surface area contributed by atoms with Crippen LogP contribution in [0, 0.1) is 0 Å². The van der Waals surface area contributed by atoms with Crippen molar-refractivity contribution in [2.45, 2.75) is 32.7 Å². The molecule has 172 valence electrons. The molecule has 0 bridgehead atoms. The van der Waals surface area contributed by atoms with Crippen molar-refractivity contribution in [1.29, 1.82) is 0 Å². The van der Waals surface area contributed by atoms with Crippen LogP contribution in [-0.2, 0) is 11.3 Å². The molecule has 0 saturated heterocycles. The van der Waals surface area contributed by atoms with E-state index < -0.39 is 0 Å². The highest BCUT2D eigenvalue weighted by Gasteiger charge is 2.00. The van der Waals surface area contributed by atoms with Crippen LogP contribution in [-0.4, -0.2) is 50.9 Å². The first-order valence-electron chi connectivity index (χ1n) is 10.7. The van der Waals surface area contributed by atoms with Crippen molar-refractivity contribution in [3.8, 4) is 5.75 Å². The minimum atomic E-state index is 0. The van der Waals surface area contributed by atoms with Gasteiger partial charge in [-0.3, -0.25) is 0 Å². The third kappa shape index (κ3) is 12.4. The van der Waals surface area contributed by atoms with Crippen LogP contribution in [0.15, 0.2) is 53.7 Å². The molecule has 0 fully saturated rings. The molecule has 0 saturated carbocycles. The molecule has 7 nitrogen and oxygen atoms in total. The molecule has 2 rings (SSSR count). The van der Waals surface area contributed by atoms with E-state index in [0.29, 0.717) is 6.54 Å². The van der Waals surface area contributed by atoms with Crippen LogP contribution in [0.2, 0.25) is 0 Å². The summed E-state index contributed by atoms with van der Waals surface area (Å²) in [4.78, 5) is 8.99. The topological polar surface area (TPSA) is 79.8 Å². The average molecular weight is 541 g/mol. The molecular weight excluding hydrogens is 505 g/mol. The molecule has 0 aliphatic rings. The summed E-state index contributed by atoms with van der Waals surface area (Å²) in [5.74, 6) is 2.61. The third-order valence-corrected chi connectivity index (χ3v) is 4.41. The molecule has 31 heavy (non-hydrogen) atoms. The summed E-state index contributed by atoms with van der Waals surface area (Å²) < 4.78 is 10.6. The first-order valence-corrected chi connectivity index (χ1v) is 10.7. The number of halogens is 1. The molecule has 0 spiro atoms. The molecule has 0 atom stereocenters. The molecule has 1 aromatic carbocycles. The lowest BCUT2D eigenvalue weighted by atomic mass is 10.2.